The number of primary amides is 1. The zero-order valence-electron chi connectivity index (χ0n) is 19.6. The van der Waals surface area contributed by atoms with Gasteiger partial charge in [-0.15, -0.1) is 0 Å². The van der Waals surface area contributed by atoms with Crippen molar-refractivity contribution >= 4 is 57.9 Å². The highest BCUT2D eigenvalue weighted by Gasteiger charge is 2.39. The number of nitrogens with zero attached hydrogens (tertiary/aromatic N) is 5. The van der Waals surface area contributed by atoms with E-state index in [0.717, 1.165) is 0 Å². The summed E-state index contributed by atoms with van der Waals surface area (Å²) in [5.41, 5.74) is 7.22. The lowest BCUT2D eigenvalue weighted by Gasteiger charge is -2.29. The van der Waals surface area contributed by atoms with Crippen LogP contribution in [0.15, 0.2) is 18.3 Å². The van der Waals surface area contributed by atoms with Crippen LogP contribution in [0.3, 0.4) is 0 Å². The van der Waals surface area contributed by atoms with Crippen LogP contribution < -0.4 is 16.4 Å². The van der Waals surface area contributed by atoms with E-state index in [0.29, 0.717) is 60.5 Å². The van der Waals surface area contributed by atoms with Crippen LogP contribution in [-0.4, -0.2) is 37.4 Å². The molecule has 1 aromatic carbocycles. The molecule has 2 heterocycles. The molecule has 37 heavy (non-hydrogen) atoms. The molecule has 1 amide bonds. The van der Waals surface area contributed by atoms with Gasteiger partial charge in [0.05, 0.1) is 33.6 Å². The summed E-state index contributed by atoms with van der Waals surface area (Å²) >= 11 is 12.8. The number of carbonyl (C=O) groups is 1. The minimum atomic E-state index is -2.70. The molecule has 5 rings (SSSR count). The highest BCUT2D eigenvalue weighted by atomic mass is 35.5. The van der Waals surface area contributed by atoms with E-state index in [1.54, 1.807) is 0 Å². The Morgan fingerprint density at radius 2 is 1.86 bits per heavy atom. The molecule has 0 radical (unpaired) electrons. The monoisotopic (exact) mass is 548 g/mol. The molecule has 2 aliphatic carbocycles. The van der Waals surface area contributed by atoms with Gasteiger partial charge in [-0.2, -0.15) is 10.2 Å². The quantitative estimate of drug-likeness (QED) is 0.366. The Bertz CT molecular complexity index is 1370. The van der Waals surface area contributed by atoms with Crippen molar-refractivity contribution in [3.8, 4) is 6.07 Å². The lowest BCUT2D eigenvalue weighted by Crippen LogP contribution is -2.29. The number of imidazole rings is 1. The van der Waals surface area contributed by atoms with Gasteiger partial charge in [-0.3, -0.25) is 9.36 Å². The van der Waals surface area contributed by atoms with E-state index in [1.807, 2.05) is 10.6 Å². The van der Waals surface area contributed by atoms with Gasteiger partial charge in [-0.25, -0.2) is 18.7 Å². The van der Waals surface area contributed by atoms with Gasteiger partial charge in [0, 0.05) is 30.8 Å². The van der Waals surface area contributed by atoms with Gasteiger partial charge in [0.15, 0.2) is 5.65 Å². The van der Waals surface area contributed by atoms with Crippen LogP contribution in [0, 0.1) is 17.2 Å². The molecular weight excluding hydrogens is 525 g/mol. The van der Waals surface area contributed by atoms with E-state index < -0.39 is 12.0 Å². The number of benzene rings is 1. The van der Waals surface area contributed by atoms with Gasteiger partial charge in [0.2, 0.25) is 23.7 Å². The Morgan fingerprint density at radius 1 is 1.16 bits per heavy atom. The highest BCUT2D eigenvalue weighted by molar-refractivity contribution is 6.39. The standard InChI is InChI=1S/C24H24Cl2F2N8O/c25-16-7-12(10-29)8-17(26)19(16)34-23-33-18-11-31-22(32-14-5-6-24(27,28)9-14)35-21(18)36(23)15-3-1-13(2-4-15)20(30)37/h7-8,11,13-15H,1-6,9H2,(H2,30,37)(H,33,34)(H,31,32,35)/t13?,14-,15?/m1/s1. The van der Waals surface area contributed by atoms with Gasteiger partial charge in [-0.05, 0) is 44.2 Å². The Hall–Kier alpha value is -3.23. The number of amides is 1. The number of nitrogens with one attached hydrogen (secondary N) is 2. The second kappa shape index (κ2) is 9.91. The van der Waals surface area contributed by atoms with E-state index in [9.17, 15) is 18.8 Å². The fraction of sp³-hybridized carbons (Fsp3) is 0.458. The molecule has 0 saturated heterocycles. The van der Waals surface area contributed by atoms with Crippen LogP contribution in [0.2, 0.25) is 10.0 Å². The van der Waals surface area contributed by atoms with Crippen molar-refractivity contribution in [2.75, 3.05) is 10.6 Å². The third kappa shape index (κ3) is 5.26. The molecule has 3 aromatic rings. The van der Waals surface area contributed by atoms with E-state index in [1.165, 1.54) is 18.3 Å². The van der Waals surface area contributed by atoms with E-state index in [2.05, 4.69) is 25.6 Å². The first-order chi connectivity index (χ1) is 17.6. The number of nitrogens with two attached hydrogens (primary N) is 1. The van der Waals surface area contributed by atoms with E-state index >= 15 is 0 Å². The summed E-state index contributed by atoms with van der Waals surface area (Å²) in [5.74, 6) is -2.56. The number of halogens is 4. The zero-order chi connectivity index (χ0) is 26.3. The zero-order valence-corrected chi connectivity index (χ0v) is 21.2. The van der Waals surface area contributed by atoms with Crippen LogP contribution in [0.4, 0.5) is 26.4 Å². The van der Waals surface area contributed by atoms with E-state index in [-0.39, 0.29) is 46.7 Å². The Balaban J connectivity index is 1.52. The van der Waals surface area contributed by atoms with Gasteiger partial charge in [0.25, 0.3) is 0 Å². The second-order valence-corrected chi connectivity index (χ2v) is 10.4. The Labute approximate surface area is 221 Å². The first-order valence-electron chi connectivity index (χ1n) is 12.0. The van der Waals surface area contributed by atoms with Crippen LogP contribution in [0.1, 0.15) is 56.6 Å². The molecule has 1 atom stereocenters. The summed E-state index contributed by atoms with van der Waals surface area (Å²) in [6.07, 6.45) is 3.97. The summed E-state index contributed by atoms with van der Waals surface area (Å²) in [7, 11) is 0. The SMILES string of the molecule is N#Cc1cc(Cl)c(Nc2nc3cnc(N[C@@H]4CCC(F)(F)C4)nc3n2C2CCC(C(N)=O)CC2)c(Cl)c1. The largest absolute Gasteiger partial charge is 0.369 e. The van der Waals surface area contributed by atoms with Crippen LogP contribution in [0.25, 0.3) is 11.2 Å². The number of hydrogen-bond acceptors (Lipinski definition) is 7. The third-order valence-electron chi connectivity index (χ3n) is 7.04. The molecule has 2 fully saturated rings. The number of aromatic nitrogens is 4. The maximum atomic E-state index is 13.7. The van der Waals surface area contributed by atoms with Crippen LogP contribution >= 0.6 is 23.2 Å². The van der Waals surface area contributed by atoms with Crippen molar-refractivity contribution in [1.82, 2.24) is 19.5 Å². The van der Waals surface area contributed by atoms with Crippen molar-refractivity contribution < 1.29 is 13.6 Å². The van der Waals surface area contributed by atoms with Crippen molar-refractivity contribution in [2.45, 2.75) is 63.0 Å². The van der Waals surface area contributed by atoms with Crippen LogP contribution in [0.5, 0.6) is 0 Å². The average molecular weight is 549 g/mol. The first kappa shape index (κ1) is 25.4. The maximum absolute atomic E-state index is 13.7. The van der Waals surface area contributed by atoms with Gasteiger partial charge in [-0.1, -0.05) is 23.2 Å². The van der Waals surface area contributed by atoms with E-state index in [4.69, 9.17) is 28.9 Å². The number of alkyl halides is 2. The van der Waals surface area contributed by atoms with Crippen molar-refractivity contribution in [1.29, 1.82) is 5.26 Å². The minimum absolute atomic E-state index is 0.0717. The predicted molar refractivity (Wildman–Crippen MR) is 136 cm³/mol. The van der Waals surface area contributed by atoms with Crippen molar-refractivity contribution in [2.24, 2.45) is 11.7 Å². The smallest absolute Gasteiger partial charge is 0.250 e. The molecule has 13 heteroatoms. The molecule has 2 aromatic heterocycles. The fourth-order valence-electron chi connectivity index (χ4n) is 5.14. The third-order valence-corrected chi connectivity index (χ3v) is 7.64. The Kier molecular flexibility index (Phi) is 6.81. The summed E-state index contributed by atoms with van der Waals surface area (Å²) in [4.78, 5) is 25.3. The number of fused-ring (bicyclic) bond motifs is 1. The lowest BCUT2D eigenvalue weighted by atomic mass is 9.85. The highest BCUT2D eigenvalue weighted by Crippen LogP contribution is 2.40. The molecule has 2 saturated carbocycles. The molecular formula is C24H24Cl2F2N8O. The molecule has 4 N–H and O–H groups in total. The predicted octanol–water partition coefficient (Wildman–Crippen LogP) is 5.56. The summed E-state index contributed by atoms with van der Waals surface area (Å²) in [5, 5.41) is 15.9. The van der Waals surface area contributed by atoms with Crippen LogP contribution in [-0.2, 0) is 4.79 Å². The number of rotatable bonds is 6. The number of hydrogen-bond donors (Lipinski definition) is 3. The molecule has 2 aliphatic rings. The summed E-state index contributed by atoms with van der Waals surface area (Å²) in [6.45, 7) is 0. The summed E-state index contributed by atoms with van der Waals surface area (Å²) < 4.78 is 29.3. The number of carbonyl (C=O) groups excluding carboxylic acids is 1. The molecule has 194 valence electrons. The molecule has 0 aliphatic heterocycles. The summed E-state index contributed by atoms with van der Waals surface area (Å²) in [6, 6.07) is 4.51. The lowest BCUT2D eigenvalue weighted by molar-refractivity contribution is -0.122. The molecule has 0 spiro atoms. The average Bonchev–Trinajstić information content (AvgIpc) is 3.39. The topological polar surface area (TPSA) is 135 Å². The van der Waals surface area contributed by atoms with Gasteiger partial charge < -0.3 is 16.4 Å². The van der Waals surface area contributed by atoms with Gasteiger partial charge in [0.1, 0.15) is 5.52 Å². The Morgan fingerprint density at radius 3 is 2.46 bits per heavy atom. The molecule has 9 nitrogen and oxygen atoms in total. The first-order valence-corrected chi connectivity index (χ1v) is 12.7. The number of anilines is 3. The van der Waals surface area contributed by atoms with Crippen molar-refractivity contribution in [3.63, 3.8) is 0 Å². The fourth-order valence-corrected chi connectivity index (χ4v) is 5.72. The van der Waals surface area contributed by atoms with Crippen molar-refractivity contribution in [3.05, 3.63) is 33.9 Å². The molecule has 0 bridgehead atoms. The number of nitriles is 1. The maximum Gasteiger partial charge on any atom is 0.250 e. The molecule has 0 unspecified atom stereocenters. The minimum Gasteiger partial charge on any atom is -0.369 e. The second-order valence-electron chi connectivity index (χ2n) is 9.61. The normalized spacial score (nSPS) is 23.1. The van der Waals surface area contributed by atoms with Gasteiger partial charge >= 0.3 is 0 Å².